The fourth-order valence-corrected chi connectivity index (χ4v) is 3.01. The van der Waals surface area contributed by atoms with E-state index in [-0.39, 0.29) is 5.75 Å². The van der Waals surface area contributed by atoms with Crippen molar-refractivity contribution in [3.05, 3.63) is 41.5 Å². The van der Waals surface area contributed by atoms with Crippen molar-refractivity contribution >= 4 is 0 Å². The molecule has 3 rings (SSSR count). The largest absolute Gasteiger partial charge is 0.508 e. The molecular formula is C17H22N2O2. The van der Waals surface area contributed by atoms with Crippen LogP contribution in [0.2, 0.25) is 0 Å². The summed E-state index contributed by atoms with van der Waals surface area (Å²) < 4.78 is 5.40. The lowest BCUT2D eigenvalue weighted by atomic mass is 9.91. The summed E-state index contributed by atoms with van der Waals surface area (Å²) in [6, 6.07) is 7.13. The summed E-state index contributed by atoms with van der Waals surface area (Å²) in [6.45, 7) is 0. The average Bonchev–Trinajstić information content (AvgIpc) is 2.89. The van der Waals surface area contributed by atoms with Gasteiger partial charge in [-0.25, -0.2) is 0 Å². The summed E-state index contributed by atoms with van der Waals surface area (Å²) in [4.78, 5) is 4.58. The standard InChI is InChI=1S/C17H22N2O2/c20-15-10-8-13(9-11-15)12-16-18-17(19-21-16)14-6-4-2-1-3-5-7-14/h8-11,14,20H,1-7,12H2. The average molecular weight is 286 g/mol. The second kappa shape index (κ2) is 6.74. The lowest BCUT2D eigenvalue weighted by Crippen LogP contribution is -2.04. The number of phenolic OH excluding ortho intramolecular Hbond substituents is 1. The Morgan fingerprint density at radius 3 is 2.38 bits per heavy atom. The van der Waals surface area contributed by atoms with Crippen LogP contribution in [0.4, 0.5) is 0 Å². The molecule has 4 nitrogen and oxygen atoms in total. The van der Waals surface area contributed by atoms with Gasteiger partial charge >= 0.3 is 0 Å². The van der Waals surface area contributed by atoms with Crippen molar-refractivity contribution < 1.29 is 9.63 Å². The van der Waals surface area contributed by atoms with Gasteiger partial charge in [-0.3, -0.25) is 0 Å². The molecular weight excluding hydrogens is 264 g/mol. The van der Waals surface area contributed by atoms with E-state index in [4.69, 9.17) is 4.52 Å². The lowest BCUT2D eigenvalue weighted by Gasteiger charge is -2.15. The Morgan fingerprint density at radius 1 is 1.00 bits per heavy atom. The molecule has 1 N–H and O–H groups in total. The SMILES string of the molecule is Oc1ccc(Cc2nc(C3CCCCCCC3)no2)cc1. The molecule has 1 heterocycles. The molecule has 1 aliphatic carbocycles. The monoisotopic (exact) mass is 286 g/mol. The van der Waals surface area contributed by atoms with E-state index < -0.39 is 0 Å². The highest BCUT2D eigenvalue weighted by Crippen LogP contribution is 2.29. The van der Waals surface area contributed by atoms with E-state index in [1.807, 2.05) is 12.1 Å². The molecule has 0 bridgehead atoms. The minimum Gasteiger partial charge on any atom is -0.508 e. The number of rotatable bonds is 3. The van der Waals surface area contributed by atoms with Gasteiger partial charge in [0.15, 0.2) is 5.82 Å². The number of aromatic hydroxyl groups is 1. The fraction of sp³-hybridized carbons (Fsp3) is 0.529. The molecule has 0 unspecified atom stereocenters. The van der Waals surface area contributed by atoms with E-state index in [9.17, 15) is 5.11 Å². The molecule has 0 aliphatic heterocycles. The molecule has 0 atom stereocenters. The van der Waals surface area contributed by atoms with Crippen LogP contribution < -0.4 is 0 Å². The first-order chi connectivity index (χ1) is 10.3. The van der Waals surface area contributed by atoms with Crippen molar-refractivity contribution in [3.63, 3.8) is 0 Å². The number of hydrogen-bond donors (Lipinski definition) is 1. The third kappa shape index (κ3) is 3.84. The summed E-state index contributed by atoms with van der Waals surface area (Å²) in [5.74, 6) is 2.28. The Labute approximate surface area is 125 Å². The quantitative estimate of drug-likeness (QED) is 0.919. The number of phenols is 1. The van der Waals surface area contributed by atoms with E-state index in [2.05, 4.69) is 10.1 Å². The van der Waals surface area contributed by atoms with Crippen LogP contribution in [0.5, 0.6) is 5.75 Å². The second-order valence-corrected chi connectivity index (χ2v) is 5.93. The van der Waals surface area contributed by atoms with Crippen molar-refractivity contribution in [1.29, 1.82) is 0 Å². The molecule has 112 valence electrons. The number of benzene rings is 1. The molecule has 0 saturated heterocycles. The van der Waals surface area contributed by atoms with Gasteiger partial charge in [-0.15, -0.1) is 0 Å². The van der Waals surface area contributed by atoms with Crippen LogP contribution in [-0.2, 0) is 6.42 Å². The maximum Gasteiger partial charge on any atom is 0.231 e. The highest BCUT2D eigenvalue weighted by atomic mass is 16.5. The van der Waals surface area contributed by atoms with Gasteiger partial charge < -0.3 is 9.63 Å². The zero-order chi connectivity index (χ0) is 14.5. The third-order valence-electron chi connectivity index (χ3n) is 4.25. The van der Waals surface area contributed by atoms with Gasteiger partial charge in [0, 0.05) is 5.92 Å². The minimum absolute atomic E-state index is 0.277. The predicted molar refractivity (Wildman–Crippen MR) is 80.3 cm³/mol. The van der Waals surface area contributed by atoms with Gasteiger partial charge in [-0.05, 0) is 30.5 Å². The van der Waals surface area contributed by atoms with E-state index >= 15 is 0 Å². The first kappa shape index (κ1) is 14.1. The topological polar surface area (TPSA) is 59.2 Å². The zero-order valence-electron chi connectivity index (χ0n) is 12.3. The van der Waals surface area contributed by atoms with Crippen LogP contribution >= 0.6 is 0 Å². The van der Waals surface area contributed by atoms with Crippen molar-refractivity contribution in [2.45, 2.75) is 57.3 Å². The maximum atomic E-state index is 9.30. The van der Waals surface area contributed by atoms with E-state index in [1.54, 1.807) is 12.1 Å². The molecule has 0 spiro atoms. The maximum absolute atomic E-state index is 9.30. The molecule has 0 radical (unpaired) electrons. The Bertz CT molecular complexity index is 554. The van der Waals surface area contributed by atoms with Crippen LogP contribution in [0.15, 0.2) is 28.8 Å². The summed E-state index contributed by atoms with van der Waals surface area (Å²) >= 11 is 0. The Morgan fingerprint density at radius 2 is 1.67 bits per heavy atom. The van der Waals surface area contributed by atoms with Crippen LogP contribution in [0.3, 0.4) is 0 Å². The molecule has 0 amide bonds. The smallest absolute Gasteiger partial charge is 0.231 e. The summed E-state index contributed by atoms with van der Waals surface area (Å²) in [5.41, 5.74) is 1.07. The van der Waals surface area contributed by atoms with Gasteiger partial charge in [0.25, 0.3) is 0 Å². The fourth-order valence-electron chi connectivity index (χ4n) is 3.01. The van der Waals surface area contributed by atoms with Crippen molar-refractivity contribution in [1.82, 2.24) is 10.1 Å². The molecule has 1 aromatic heterocycles. The Hall–Kier alpha value is -1.84. The third-order valence-corrected chi connectivity index (χ3v) is 4.25. The van der Waals surface area contributed by atoms with Gasteiger partial charge in [-0.1, -0.05) is 49.4 Å². The molecule has 2 aromatic rings. The van der Waals surface area contributed by atoms with Gasteiger partial charge in [0.2, 0.25) is 5.89 Å². The van der Waals surface area contributed by atoms with Crippen LogP contribution in [0, 0.1) is 0 Å². The van der Waals surface area contributed by atoms with Gasteiger partial charge in [0.05, 0.1) is 6.42 Å². The molecule has 1 saturated carbocycles. The number of hydrogen-bond acceptors (Lipinski definition) is 4. The Kier molecular flexibility index (Phi) is 4.53. The molecule has 1 fully saturated rings. The van der Waals surface area contributed by atoms with E-state index in [1.165, 1.54) is 44.9 Å². The minimum atomic E-state index is 0.277. The van der Waals surface area contributed by atoms with E-state index in [0.717, 1.165) is 11.4 Å². The van der Waals surface area contributed by atoms with Crippen LogP contribution in [0.25, 0.3) is 0 Å². The summed E-state index contributed by atoms with van der Waals surface area (Å²) in [6.07, 6.45) is 9.55. The summed E-state index contributed by atoms with van der Waals surface area (Å²) in [7, 11) is 0. The first-order valence-corrected chi connectivity index (χ1v) is 7.91. The predicted octanol–water partition coefficient (Wildman–Crippen LogP) is 4.19. The van der Waals surface area contributed by atoms with Gasteiger partial charge in [0.1, 0.15) is 5.75 Å². The normalized spacial score (nSPS) is 17.3. The summed E-state index contributed by atoms with van der Waals surface area (Å²) in [5, 5.41) is 13.5. The van der Waals surface area contributed by atoms with Gasteiger partial charge in [-0.2, -0.15) is 4.98 Å². The van der Waals surface area contributed by atoms with Crippen molar-refractivity contribution in [3.8, 4) is 5.75 Å². The van der Waals surface area contributed by atoms with Crippen molar-refractivity contribution in [2.24, 2.45) is 0 Å². The zero-order valence-corrected chi connectivity index (χ0v) is 12.3. The number of nitrogens with zero attached hydrogens (tertiary/aromatic N) is 2. The highest BCUT2D eigenvalue weighted by molar-refractivity contribution is 5.27. The van der Waals surface area contributed by atoms with E-state index in [0.29, 0.717) is 18.2 Å². The second-order valence-electron chi connectivity index (χ2n) is 5.93. The molecule has 1 aromatic carbocycles. The lowest BCUT2D eigenvalue weighted by molar-refractivity contribution is 0.366. The first-order valence-electron chi connectivity index (χ1n) is 7.91. The van der Waals surface area contributed by atoms with Crippen molar-refractivity contribution in [2.75, 3.05) is 0 Å². The molecule has 4 heteroatoms. The van der Waals surface area contributed by atoms with Crippen LogP contribution in [-0.4, -0.2) is 15.2 Å². The highest BCUT2D eigenvalue weighted by Gasteiger charge is 2.19. The number of aromatic nitrogens is 2. The Balaban J connectivity index is 1.66. The molecule has 21 heavy (non-hydrogen) atoms. The van der Waals surface area contributed by atoms with Crippen LogP contribution in [0.1, 0.15) is 68.1 Å². The molecule has 1 aliphatic rings.